The number of aromatic nitrogens is 3. The number of rotatable bonds is 3. The summed E-state index contributed by atoms with van der Waals surface area (Å²) < 4.78 is 2.00. The number of hydrogen-bond acceptors (Lipinski definition) is 5. The van der Waals surface area contributed by atoms with Crippen molar-refractivity contribution in [3.8, 4) is 0 Å². The molecular weight excluding hydrogens is 294 g/mol. The molecule has 3 rings (SSSR count). The summed E-state index contributed by atoms with van der Waals surface area (Å²) in [5.74, 6) is 0.648. The Kier molecular flexibility index (Phi) is 5.01. The van der Waals surface area contributed by atoms with Gasteiger partial charge in [-0.25, -0.2) is 4.98 Å². The average Bonchev–Trinajstić information content (AvgIpc) is 3.00. The minimum Gasteiger partial charge on any atom is -0.375 e. The summed E-state index contributed by atoms with van der Waals surface area (Å²) in [5.41, 5.74) is 7.03. The highest BCUT2D eigenvalue weighted by molar-refractivity contribution is 7.15. The van der Waals surface area contributed by atoms with Gasteiger partial charge in [-0.1, -0.05) is 0 Å². The van der Waals surface area contributed by atoms with Crippen molar-refractivity contribution in [2.75, 3.05) is 18.8 Å². The normalized spacial score (nSPS) is 17.1. The van der Waals surface area contributed by atoms with Crippen LogP contribution in [0, 0.1) is 0 Å². The maximum Gasteiger partial charge on any atom is 0.180 e. The molecule has 2 aromatic rings. The quantitative estimate of drug-likeness (QED) is 0.944. The van der Waals surface area contributed by atoms with E-state index in [1.165, 1.54) is 23.4 Å². The van der Waals surface area contributed by atoms with Crippen LogP contribution in [-0.2, 0) is 13.6 Å². The molecule has 0 saturated carbocycles. The molecule has 0 atom stereocenters. The Balaban J connectivity index is 0.00000147. The zero-order valence-corrected chi connectivity index (χ0v) is 13.2. The van der Waals surface area contributed by atoms with Crippen LogP contribution in [0.15, 0.2) is 18.5 Å². The van der Waals surface area contributed by atoms with E-state index in [9.17, 15) is 0 Å². The number of likely N-dealkylation sites (tertiary alicyclic amines) is 1. The second kappa shape index (κ2) is 6.56. The predicted molar refractivity (Wildman–Crippen MR) is 84.2 cm³/mol. The number of nitrogens with two attached hydrogens (primary N) is 1. The standard InChI is InChI=1S/C13H19N5S.ClH/c1-17-12(2-5-16-17)10-3-6-18(7-4-10)9-11-8-15-13(14)19-11;/h2,5,8,10H,3-4,6-7,9H2,1H3,(H2,14,15);1H. The smallest absolute Gasteiger partial charge is 0.180 e. The van der Waals surface area contributed by atoms with Gasteiger partial charge in [-0.05, 0) is 32.0 Å². The zero-order valence-electron chi connectivity index (χ0n) is 11.5. The Morgan fingerprint density at radius 3 is 2.70 bits per heavy atom. The summed E-state index contributed by atoms with van der Waals surface area (Å²) in [4.78, 5) is 7.85. The molecule has 20 heavy (non-hydrogen) atoms. The summed E-state index contributed by atoms with van der Waals surface area (Å²) in [7, 11) is 2.03. The van der Waals surface area contributed by atoms with Crippen molar-refractivity contribution in [2.45, 2.75) is 25.3 Å². The molecule has 5 nitrogen and oxygen atoms in total. The second-order valence-electron chi connectivity index (χ2n) is 5.09. The Hall–Kier alpha value is -1.11. The van der Waals surface area contributed by atoms with Crippen molar-refractivity contribution in [1.82, 2.24) is 19.7 Å². The van der Waals surface area contributed by atoms with Crippen LogP contribution < -0.4 is 5.73 Å². The van der Waals surface area contributed by atoms with Crippen molar-refractivity contribution in [3.63, 3.8) is 0 Å². The van der Waals surface area contributed by atoms with Gasteiger partial charge in [0.1, 0.15) is 0 Å². The molecule has 0 aliphatic carbocycles. The third-order valence-corrected chi connectivity index (χ3v) is 4.63. The Bertz CT molecular complexity index is 544. The van der Waals surface area contributed by atoms with Gasteiger partial charge in [0.15, 0.2) is 5.13 Å². The fourth-order valence-corrected chi connectivity index (χ4v) is 3.51. The van der Waals surface area contributed by atoms with Gasteiger partial charge in [0.25, 0.3) is 0 Å². The van der Waals surface area contributed by atoms with E-state index in [2.05, 4.69) is 21.0 Å². The van der Waals surface area contributed by atoms with Crippen LogP contribution in [0.5, 0.6) is 0 Å². The molecule has 1 fully saturated rings. The molecule has 3 heterocycles. The lowest BCUT2D eigenvalue weighted by atomic mass is 9.93. The minimum atomic E-state index is 0. The largest absolute Gasteiger partial charge is 0.375 e. The van der Waals surface area contributed by atoms with E-state index in [-0.39, 0.29) is 12.4 Å². The van der Waals surface area contributed by atoms with E-state index in [1.54, 1.807) is 11.3 Å². The van der Waals surface area contributed by atoms with Gasteiger partial charge >= 0.3 is 0 Å². The summed E-state index contributed by atoms with van der Waals surface area (Å²) in [5, 5.41) is 4.93. The molecule has 0 radical (unpaired) electrons. The molecule has 0 unspecified atom stereocenters. The lowest BCUT2D eigenvalue weighted by Crippen LogP contribution is -2.32. The highest BCUT2D eigenvalue weighted by Crippen LogP contribution is 2.28. The van der Waals surface area contributed by atoms with Crippen LogP contribution in [0.25, 0.3) is 0 Å². The number of piperidine rings is 1. The molecule has 1 aliphatic heterocycles. The number of thiazole rings is 1. The van der Waals surface area contributed by atoms with Crippen LogP contribution in [0.2, 0.25) is 0 Å². The molecule has 0 aromatic carbocycles. The van der Waals surface area contributed by atoms with Crippen LogP contribution in [0.4, 0.5) is 5.13 Å². The van der Waals surface area contributed by atoms with E-state index in [4.69, 9.17) is 5.73 Å². The van der Waals surface area contributed by atoms with E-state index in [0.29, 0.717) is 11.0 Å². The molecule has 110 valence electrons. The summed E-state index contributed by atoms with van der Waals surface area (Å²) in [6, 6.07) is 2.14. The zero-order chi connectivity index (χ0) is 13.2. The topological polar surface area (TPSA) is 60.0 Å². The summed E-state index contributed by atoms with van der Waals surface area (Å²) in [6.45, 7) is 3.24. The first kappa shape index (κ1) is 15.3. The third-order valence-electron chi connectivity index (χ3n) is 3.82. The summed E-state index contributed by atoms with van der Waals surface area (Å²) >= 11 is 1.59. The van der Waals surface area contributed by atoms with Crippen LogP contribution in [0.1, 0.15) is 29.3 Å². The van der Waals surface area contributed by atoms with Gasteiger partial charge in [0, 0.05) is 42.5 Å². The van der Waals surface area contributed by atoms with Gasteiger partial charge < -0.3 is 5.73 Å². The number of aryl methyl sites for hydroxylation is 1. The van der Waals surface area contributed by atoms with Gasteiger partial charge in [0.2, 0.25) is 0 Å². The Labute approximate surface area is 129 Å². The Morgan fingerprint density at radius 1 is 1.40 bits per heavy atom. The van der Waals surface area contributed by atoms with E-state index in [1.807, 2.05) is 24.1 Å². The average molecular weight is 314 g/mol. The fourth-order valence-electron chi connectivity index (χ4n) is 2.79. The van der Waals surface area contributed by atoms with Gasteiger partial charge in [-0.15, -0.1) is 23.7 Å². The summed E-state index contributed by atoms with van der Waals surface area (Å²) in [6.07, 6.45) is 6.19. The number of anilines is 1. The molecule has 1 aliphatic rings. The monoisotopic (exact) mass is 313 g/mol. The van der Waals surface area contributed by atoms with Gasteiger partial charge in [-0.2, -0.15) is 5.10 Å². The fraction of sp³-hybridized carbons (Fsp3) is 0.538. The first-order valence-electron chi connectivity index (χ1n) is 6.63. The number of hydrogen-bond donors (Lipinski definition) is 1. The molecule has 0 spiro atoms. The molecule has 1 saturated heterocycles. The van der Waals surface area contributed by atoms with Crippen molar-refractivity contribution in [3.05, 3.63) is 29.0 Å². The molecule has 0 bridgehead atoms. The second-order valence-corrected chi connectivity index (χ2v) is 6.24. The molecule has 7 heteroatoms. The maximum absolute atomic E-state index is 5.67. The van der Waals surface area contributed by atoms with Gasteiger partial charge in [0.05, 0.1) is 0 Å². The van der Waals surface area contributed by atoms with Crippen molar-refractivity contribution < 1.29 is 0 Å². The van der Waals surface area contributed by atoms with Gasteiger partial charge in [-0.3, -0.25) is 9.58 Å². The number of nitrogen functional groups attached to an aromatic ring is 1. The van der Waals surface area contributed by atoms with Crippen LogP contribution in [-0.4, -0.2) is 32.8 Å². The van der Waals surface area contributed by atoms with Crippen LogP contribution in [0.3, 0.4) is 0 Å². The van der Waals surface area contributed by atoms with Crippen molar-refractivity contribution in [2.24, 2.45) is 7.05 Å². The first-order valence-corrected chi connectivity index (χ1v) is 7.44. The third kappa shape index (κ3) is 3.31. The van der Waals surface area contributed by atoms with E-state index in [0.717, 1.165) is 19.6 Å². The van der Waals surface area contributed by atoms with Crippen LogP contribution >= 0.6 is 23.7 Å². The molecular formula is C13H20ClN5S. The van der Waals surface area contributed by atoms with Crippen molar-refractivity contribution >= 4 is 28.9 Å². The predicted octanol–water partition coefficient (Wildman–Crippen LogP) is 2.26. The van der Waals surface area contributed by atoms with E-state index >= 15 is 0 Å². The Morgan fingerprint density at radius 2 is 2.15 bits per heavy atom. The number of nitrogens with zero attached hydrogens (tertiary/aromatic N) is 4. The molecule has 2 aromatic heterocycles. The number of halogens is 1. The van der Waals surface area contributed by atoms with Crippen molar-refractivity contribution in [1.29, 1.82) is 0 Å². The highest BCUT2D eigenvalue weighted by Gasteiger charge is 2.22. The molecule has 2 N–H and O–H groups in total. The lowest BCUT2D eigenvalue weighted by molar-refractivity contribution is 0.203. The lowest BCUT2D eigenvalue weighted by Gasteiger charge is -2.31. The van der Waals surface area contributed by atoms with E-state index < -0.39 is 0 Å². The minimum absolute atomic E-state index is 0. The highest BCUT2D eigenvalue weighted by atomic mass is 35.5. The first-order chi connectivity index (χ1) is 9.22. The SMILES string of the molecule is Cl.Cn1nccc1C1CCN(Cc2cnc(N)s2)CC1. The maximum atomic E-state index is 5.67. The molecule has 0 amide bonds.